The van der Waals surface area contributed by atoms with E-state index in [4.69, 9.17) is 17.3 Å². The van der Waals surface area contributed by atoms with Gasteiger partial charge in [-0.2, -0.15) is 0 Å². The van der Waals surface area contributed by atoms with Crippen molar-refractivity contribution >= 4 is 11.6 Å². The van der Waals surface area contributed by atoms with Crippen LogP contribution in [0, 0.1) is 6.92 Å². The molecule has 0 saturated carbocycles. The Balaban J connectivity index is 2.97. The molecule has 1 rings (SSSR count). The molecule has 0 spiro atoms. The zero-order valence-corrected chi connectivity index (χ0v) is 8.42. The molecule has 0 aliphatic carbocycles. The standard InChI is InChI=1S/C9H13ClN2O/c1-5-3-7(4-12-9(5)10)8(13)6(2)11/h3-4,6,8,13H,11H2,1-2H3/t6-,8+/m1/s1. The number of aryl methyl sites for hydroxylation is 1. The van der Waals surface area contributed by atoms with Gasteiger partial charge in [-0.3, -0.25) is 0 Å². The number of hydrogen-bond acceptors (Lipinski definition) is 3. The zero-order chi connectivity index (χ0) is 10.0. The highest BCUT2D eigenvalue weighted by atomic mass is 35.5. The van der Waals surface area contributed by atoms with E-state index in [9.17, 15) is 5.11 Å². The van der Waals surface area contributed by atoms with Gasteiger partial charge in [0.2, 0.25) is 0 Å². The molecular weight excluding hydrogens is 188 g/mol. The van der Waals surface area contributed by atoms with Crippen molar-refractivity contribution in [2.24, 2.45) is 5.73 Å². The van der Waals surface area contributed by atoms with Crippen molar-refractivity contribution in [1.29, 1.82) is 0 Å². The minimum absolute atomic E-state index is 0.303. The summed E-state index contributed by atoms with van der Waals surface area (Å²) >= 11 is 5.74. The molecule has 1 heterocycles. The monoisotopic (exact) mass is 200 g/mol. The molecule has 4 heteroatoms. The van der Waals surface area contributed by atoms with E-state index in [1.807, 2.05) is 6.92 Å². The van der Waals surface area contributed by atoms with Crippen LogP contribution in [-0.4, -0.2) is 16.1 Å². The van der Waals surface area contributed by atoms with E-state index < -0.39 is 6.10 Å². The van der Waals surface area contributed by atoms with Crippen LogP contribution < -0.4 is 5.73 Å². The van der Waals surface area contributed by atoms with Crippen molar-refractivity contribution in [1.82, 2.24) is 4.98 Å². The van der Waals surface area contributed by atoms with E-state index in [2.05, 4.69) is 4.98 Å². The minimum atomic E-state index is -0.677. The fourth-order valence-corrected chi connectivity index (χ4v) is 1.15. The first-order valence-corrected chi connectivity index (χ1v) is 4.46. The van der Waals surface area contributed by atoms with Crippen molar-refractivity contribution in [3.05, 3.63) is 28.5 Å². The van der Waals surface area contributed by atoms with Crippen LogP contribution in [0.25, 0.3) is 0 Å². The van der Waals surface area contributed by atoms with Gasteiger partial charge in [0.05, 0.1) is 6.10 Å². The van der Waals surface area contributed by atoms with Gasteiger partial charge < -0.3 is 10.8 Å². The second-order valence-electron chi connectivity index (χ2n) is 3.18. The van der Waals surface area contributed by atoms with Crippen LogP contribution in [0.5, 0.6) is 0 Å². The predicted octanol–water partition coefficient (Wildman–Crippen LogP) is 1.42. The van der Waals surface area contributed by atoms with Crippen molar-refractivity contribution < 1.29 is 5.11 Å². The van der Waals surface area contributed by atoms with Crippen LogP contribution in [0.1, 0.15) is 24.2 Å². The molecule has 13 heavy (non-hydrogen) atoms. The molecule has 2 atom stereocenters. The van der Waals surface area contributed by atoms with Crippen molar-refractivity contribution in [2.75, 3.05) is 0 Å². The summed E-state index contributed by atoms with van der Waals surface area (Å²) in [4.78, 5) is 3.93. The zero-order valence-electron chi connectivity index (χ0n) is 7.66. The van der Waals surface area contributed by atoms with Gasteiger partial charge in [-0.25, -0.2) is 4.98 Å². The van der Waals surface area contributed by atoms with Gasteiger partial charge in [0.1, 0.15) is 5.15 Å². The van der Waals surface area contributed by atoms with E-state index in [-0.39, 0.29) is 6.04 Å². The smallest absolute Gasteiger partial charge is 0.131 e. The minimum Gasteiger partial charge on any atom is -0.387 e. The lowest BCUT2D eigenvalue weighted by atomic mass is 10.1. The predicted molar refractivity (Wildman–Crippen MR) is 52.6 cm³/mol. The lowest BCUT2D eigenvalue weighted by molar-refractivity contribution is 0.153. The Hall–Kier alpha value is -0.640. The Morgan fingerprint density at radius 2 is 2.23 bits per heavy atom. The topological polar surface area (TPSA) is 59.1 Å². The highest BCUT2D eigenvalue weighted by Crippen LogP contribution is 2.19. The average molecular weight is 201 g/mol. The number of pyridine rings is 1. The molecular formula is C9H13ClN2O. The first kappa shape index (κ1) is 10.4. The van der Waals surface area contributed by atoms with Crippen LogP contribution in [0.3, 0.4) is 0 Å². The molecule has 0 radical (unpaired) electrons. The number of nitrogens with two attached hydrogens (primary N) is 1. The Kier molecular flexibility index (Phi) is 3.25. The van der Waals surface area contributed by atoms with Crippen LogP contribution in [0.4, 0.5) is 0 Å². The summed E-state index contributed by atoms with van der Waals surface area (Å²) in [5.74, 6) is 0. The van der Waals surface area contributed by atoms with Crippen LogP contribution >= 0.6 is 11.6 Å². The van der Waals surface area contributed by atoms with Gasteiger partial charge in [0.25, 0.3) is 0 Å². The lowest BCUT2D eigenvalue weighted by Gasteiger charge is -2.14. The maximum atomic E-state index is 9.61. The van der Waals surface area contributed by atoms with Crippen molar-refractivity contribution in [2.45, 2.75) is 26.0 Å². The first-order valence-electron chi connectivity index (χ1n) is 4.08. The Bertz CT molecular complexity index is 302. The molecule has 0 bridgehead atoms. The molecule has 0 unspecified atom stereocenters. The first-order chi connectivity index (χ1) is 6.02. The molecule has 3 N–H and O–H groups in total. The summed E-state index contributed by atoms with van der Waals surface area (Å²) in [5, 5.41) is 10.1. The Morgan fingerprint density at radius 1 is 1.62 bits per heavy atom. The van der Waals surface area contributed by atoms with E-state index in [1.54, 1.807) is 19.2 Å². The summed E-state index contributed by atoms with van der Waals surface area (Å²) in [6.07, 6.45) is 0.868. The third-order valence-electron chi connectivity index (χ3n) is 1.88. The number of hydrogen-bond donors (Lipinski definition) is 2. The second kappa shape index (κ2) is 4.05. The highest BCUT2D eigenvalue weighted by Gasteiger charge is 2.13. The number of aliphatic hydroxyl groups is 1. The van der Waals surface area contributed by atoms with E-state index in [0.717, 1.165) is 5.56 Å². The molecule has 0 aliphatic rings. The largest absolute Gasteiger partial charge is 0.387 e. The molecule has 0 saturated heterocycles. The summed E-state index contributed by atoms with van der Waals surface area (Å²) in [7, 11) is 0. The summed E-state index contributed by atoms with van der Waals surface area (Å²) in [6.45, 7) is 3.58. The summed E-state index contributed by atoms with van der Waals surface area (Å²) in [6, 6.07) is 1.49. The Labute approximate surface area is 82.5 Å². The maximum absolute atomic E-state index is 9.61. The van der Waals surface area contributed by atoms with Crippen molar-refractivity contribution in [3.8, 4) is 0 Å². The number of aromatic nitrogens is 1. The van der Waals surface area contributed by atoms with Gasteiger partial charge in [-0.15, -0.1) is 0 Å². The molecule has 1 aromatic rings. The SMILES string of the molecule is Cc1cc([C@@H](O)[C@@H](C)N)cnc1Cl. The Morgan fingerprint density at radius 3 is 2.69 bits per heavy atom. The van der Waals surface area contributed by atoms with E-state index >= 15 is 0 Å². The fraction of sp³-hybridized carbons (Fsp3) is 0.444. The maximum Gasteiger partial charge on any atom is 0.131 e. The van der Waals surface area contributed by atoms with Gasteiger partial charge in [-0.05, 0) is 25.5 Å². The molecule has 1 aromatic heterocycles. The molecule has 0 amide bonds. The molecule has 0 fully saturated rings. The number of nitrogens with zero attached hydrogens (tertiary/aromatic N) is 1. The normalized spacial score (nSPS) is 15.5. The fourth-order valence-electron chi connectivity index (χ4n) is 1.05. The van der Waals surface area contributed by atoms with Crippen LogP contribution in [0.15, 0.2) is 12.3 Å². The average Bonchev–Trinajstić information content (AvgIpc) is 2.08. The molecule has 0 aromatic carbocycles. The second-order valence-corrected chi connectivity index (χ2v) is 3.54. The quantitative estimate of drug-likeness (QED) is 0.710. The number of rotatable bonds is 2. The highest BCUT2D eigenvalue weighted by molar-refractivity contribution is 6.30. The number of halogens is 1. The van der Waals surface area contributed by atoms with Gasteiger partial charge in [-0.1, -0.05) is 11.6 Å². The third kappa shape index (κ3) is 2.40. The molecule has 72 valence electrons. The summed E-state index contributed by atoms with van der Waals surface area (Å²) < 4.78 is 0. The van der Waals surface area contributed by atoms with E-state index in [1.165, 1.54) is 0 Å². The molecule has 0 aliphatic heterocycles. The van der Waals surface area contributed by atoms with Crippen molar-refractivity contribution in [3.63, 3.8) is 0 Å². The van der Waals surface area contributed by atoms with Crippen LogP contribution in [0.2, 0.25) is 5.15 Å². The molecule has 3 nitrogen and oxygen atoms in total. The van der Waals surface area contributed by atoms with Gasteiger partial charge in [0.15, 0.2) is 0 Å². The van der Waals surface area contributed by atoms with E-state index in [0.29, 0.717) is 10.7 Å². The van der Waals surface area contributed by atoms with Gasteiger partial charge in [0, 0.05) is 17.8 Å². The van der Waals surface area contributed by atoms with Gasteiger partial charge >= 0.3 is 0 Å². The number of aliphatic hydroxyl groups excluding tert-OH is 1. The summed E-state index contributed by atoms with van der Waals surface area (Å²) in [5.41, 5.74) is 7.10. The van der Waals surface area contributed by atoms with Crippen LogP contribution in [-0.2, 0) is 0 Å². The lowest BCUT2D eigenvalue weighted by Crippen LogP contribution is -2.24. The third-order valence-corrected chi connectivity index (χ3v) is 2.27.